The Bertz CT molecular complexity index is 748. The van der Waals surface area contributed by atoms with Crippen LogP contribution in [-0.4, -0.2) is 32.2 Å². The van der Waals surface area contributed by atoms with Crippen LogP contribution in [0.5, 0.6) is 17.2 Å². The van der Waals surface area contributed by atoms with Gasteiger partial charge in [0.2, 0.25) is 0 Å². The molecule has 0 saturated heterocycles. The first kappa shape index (κ1) is 19.5. The lowest BCUT2D eigenvalue weighted by atomic mass is 10.2. The molecule has 0 aliphatic heterocycles. The molecule has 0 aliphatic carbocycles. The zero-order chi connectivity index (χ0) is 18.8. The Hall–Kier alpha value is -2.80. The largest absolute Gasteiger partial charge is 0.494 e. The highest BCUT2D eigenvalue weighted by Crippen LogP contribution is 2.29. The molecule has 0 amide bonds. The molecule has 0 fully saturated rings. The summed E-state index contributed by atoms with van der Waals surface area (Å²) in [5.41, 5.74) is 4.67. The summed E-state index contributed by atoms with van der Waals surface area (Å²) >= 11 is 5.23. The van der Waals surface area contributed by atoms with Crippen LogP contribution < -0.4 is 25.0 Å². The molecule has 0 aromatic heterocycles. The smallest absolute Gasteiger partial charge is 0.187 e. The number of para-hydroxylation sites is 1. The van der Waals surface area contributed by atoms with E-state index in [9.17, 15) is 0 Å². The molecule has 2 N–H and O–H groups in total. The molecule has 0 heterocycles. The van der Waals surface area contributed by atoms with Crippen LogP contribution in [0.1, 0.15) is 18.1 Å². The summed E-state index contributed by atoms with van der Waals surface area (Å²) in [5, 5.41) is 7.67. The van der Waals surface area contributed by atoms with Gasteiger partial charge in [0.25, 0.3) is 0 Å². The topological polar surface area (TPSA) is 64.1 Å². The van der Waals surface area contributed by atoms with E-state index in [-0.39, 0.29) is 0 Å². The van der Waals surface area contributed by atoms with Gasteiger partial charge >= 0.3 is 0 Å². The maximum absolute atomic E-state index is 5.42. The number of hydrogen-bond acceptors (Lipinski definition) is 5. The quantitative estimate of drug-likeness (QED) is 0.421. The fourth-order valence-electron chi connectivity index (χ4n) is 2.27. The van der Waals surface area contributed by atoms with Gasteiger partial charge in [-0.15, -0.1) is 0 Å². The molecule has 138 valence electrons. The number of nitrogens with zero attached hydrogens (tertiary/aromatic N) is 1. The standard InChI is InChI=1S/C19H23N3O3S/c1-4-25-16-10-8-14(9-11-16)12-20-19(26)22-21-13-15-6-5-7-17(23-2)18(15)24-3/h5-11,13H,4,12H2,1-3H3,(H2,20,22,26). The van der Waals surface area contributed by atoms with Crippen molar-refractivity contribution in [1.29, 1.82) is 0 Å². The van der Waals surface area contributed by atoms with Crippen LogP contribution in [0.25, 0.3) is 0 Å². The highest BCUT2D eigenvalue weighted by Gasteiger charge is 2.07. The normalized spacial score (nSPS) is 10.4. The van der Waals surface area contributed by atoms with Crippen molar-refractivity contribution in [2.75, 3.05) is 20.8 Å². The number of thiocarbonyl (C=S) groups is 1. The van der Waals surface area contributed by atoms with E-state index in [0.29, 0.717) is 29.8 Å². The van der Waals surface area contributed by atoms with Crippen molar-refractivity contribution >= 4 is 23.5 Å². The van der Waals surface area contributed by atoms with Gasteiger partial charge in [0.1, 0.15) is 5.75 Å². The Morgan fingerprint density at radius 1 is 1.12 bits per heavy atom. The summed E-state index contributed by atoms with van der Waals surface area (Å²) in [6.07, 6.45) is 1.63. The molecule has 0 aliphatic rings. The third kappa shape index (κ3) is 5.63. The monoisotopic (exact) mass is 373 g/mol. The van der Waals surface area contributed by atoms with E-state index in [0.717, 1.165) is 16.9 Å². The first-order valence-corrected chi connectivity index (χ1v) is 8.58. The third-order valence-electron chi connectivity index (χ3n) is 3.49. The summed E-state index contributed by atoms with van der Waals surface area (Å²) in [5.74, 6) is 2.12. The van der Waals surface area contributed by atoms with E-state index >= 15 is 0 Å². The van der Waals surface area contributed by atoms with Crippen LogP contribution in [-0.2, 0) is 6.54 Å². The number of nitrogens with one attached hydrogen (secondary N) is 2. The Labute approximate surface area is 159 Å². The SMILES string of the molecule is CCOc1ccc(CNC(=S)NN=Cc2cccc(OC)c2OC)cc1. The lowest BCUT2D eigenvalue weighted by Gasteiger charge is -2.10. The van der Waals surface area contributed by atoms with Crippen molar-refractivity contribution in [2.45, 2.75) is 13.5 Å². The predicted molar refractivity (Wildman–Crippen MR) is 107 cm³/mol. The number of ether oxygens (including phenoxy) is 3. The minimum atomic E-state index is 0.428. The van der Waals surface area contributed by atoms with E-state index in [4.69, 9.17) is 26.4 Å². The number of hydrogen-bond donors (Lipinski definition) is 2. The van der Waals surface area contributed by atoms with Gasteiger partial charge in [0, 0.05) is 12.1 Å². The van der Waals surface area contributed by atoms with Crippen LogP contribution in [0.15, 0.2) is 47.6 Å². The second-order valence-corrected chi connectivity index (χ2v) is 5.62. The Kier molecular flexibility index (Phi) is 7.70. The van der Waals surface area contributed by atoms with Gasteiger partial charge in [-0.25, -0.2) is 0 Å². The average molecular weight is 373 g/mol. The van der Waals surface area contributed by atoms with Crippen LogP contribution in [0.2, 0.25) is 0 Å². The van der Waals surface area contributed by atoms with E-state index < -0.39 is 0 Å². The number of rotatable bonds is 8. The van der Waals surface area contributed by atoms with Crippen LogP contribution >= 0.6 is 12.2 Å². The van der Waals surface area contributed by atoms with Gasteiger partial charge in [-0.3, -0.25) is 5.43 Å². The third-order valence-corrected chi connectivity index (χ3v) is 3.73. The molecule has 6 nitrogen and oxygen atoms in total. The lowest BCUT2D eigenvalue weighted by molar-refractivity contribution is 0.340. The fraction of sp³-hybridized carbons (Fsp3) is 0.263. The molecular weight excluding hydrogens is 350 g/mol. The van der Waals surface area contributed by atoms with Crippen molar-refractivity contribution in [3.63, 3.8) is 0 Å². The van der Waals surface area contributed by atoms with Gasteiger partial charge in [0.15, 0.2) is 16.6 Å². The van der Waals surface area contributed by atoms with Gasteiger partial charge in [-0.1, -0.05) is 18.2 Å². The minimum absolute atomic E-state index is 0.428. The van der Waals surface area contributed by atoms with E-state index in [1.807, 2.05) is 49.4 Å². The number of benzene rings is 2. The fourth-order valence-corrected chi connectivity index (χ4v) is 2.39. The Morgan fingerprint density at radius 2 is 1.88 bits per heavy atom. The van der Waals surface area contributed by atoms with Crippen molar-refractivity contribution in [2.24, 2.45) is 5.10 Å². The molecule has 0 bridgehead atoms. The van der Waals surface area contributed by atoms with Crippen molar-refractivity contribution < 1.29 is 14.2 Å². The first-order valence-electron chi connectivity index (χ1n) is 8.17. The second-order valence-electron chi connectivity index (χ2n) is 5.21. The van der Waals surface area contributed by atoms with Gasteiger partial charge in [-0.2, -0.15) is 5.10 Å². The predicted octanol–water partition coefficient (Wildman–Crippen LogP) is 3.10. The van der Waals surface area contributed by atoms with Gasteiger partial charge < -0.3 is 19.5 Å². The van der Waals surface area contributed by atoms with Crippen molar-refractivity contribution in [3.8, 4) is 17.2 Å². The Morgan fingerprint density at radius 3 is 2.54 bits per heavy atom. The molecule has 7 heteroatoms. The molecular formula is C19H23N3O3S. The van der Waals surface area contributed by atoms with E-state index in [1.54, 1.807) is 20.4 Å². The lowest BCUT2D eigenvalue weighted by Crippen LogP contribution is -2.31. The summed E-state index contributed by atoms with van der Waals surface area (Å²) in [4.78, 5) is 0. The van der Waals surface area contributed by atoms with Crippen molar-refractivity contribution in [1.82, 2.24) is 10.7 Å². The molecule has 2 rings (SSSR count). The number of methoxy groups -OCH3 is 2. The van der Waals surface area contributed by atoms with Crippen LogP contribution in [0, 0.1) is 0 Å². The van der Waals surface area contributed by atoms with Gasteiger partial charge in [-0.05, 0) is 49.0 Å². The molecule has 0 radical (unpaired) electrons. The molecule has 0 saturated carbocycles. The summed E-state index contributed by atoms with van der Waals surface area (Å²) in [7, 11) is 3.18. The average Bonchev–Trinajstić information content (AvgIpc) is 2.67. The summed E-state index contributed by atoms with van der Waals surface area (Å²) in [6.45, 7) is 3.21. The minimum Gasteiger partial charge on any atom is -0.494 e. The highest BCUT2D eigenvalue weighted by molar-refractivity contribution is 7.80. The van der Waals surface area contributed by atoms with E-state index in [2.05, 4.69) is 15.8 Å². The molecule has 0 unspecified atom stereocenters. The molecule has 2 aromatic carbocycles. The maximum atomic E-state index is 5.42. The molecule has 0 spiro atoms. The van der Waals surface area contributed by atoms with Crippen molar-refractivity contribution in [3.05, 3.63) is 53.6 Å². The van der Waals surface area contributed by atoms with Crippen LogP contribution in [0.4, 0.5) is 0 Å². The zero-order valence-electron chi connectivity index (χ0n) is 15.1. The highest BCUT2D eigenvalue weighted by atomic mass is 32.1. The first-order chi connectivity index (χ1) is 12.7. The van der Waals surface area contributed by atoms with Crippen LogP contribution in [0.3, 0.4) is 0 Å². The summed E-state index contributed by atoms with van der Waals surface area (Å²) in [6, 6.07) is 13.4. The molecule has 2 aromatic rings. The van der Waals surface area contributed by atoms with E-state index in [1.165, 1.54) is 0 Å². The molecule has 0 atom stereocenters. The number of hydrazone groups is 1. The Balaban J connectivity index is 1.86. The maximum Gasteiger partial charge on any atom is 0.187 e. The zero-order valence-corrected chi connectivity index (χ0v) is 15.9. The second kappa shape index (κ2) is 10.2. The summed E-state index contributed by atoms with van der Waals surface area (Å²) < 4.78 is 16.0. The molecule has 26 heavy (non-hydrogen) atoms. The van der Waals surface area contributed by atoms with Gasteiger partial charge in [0.05, 0.1) is 27.0 Å².